The van der Waals surface area contributed by atoms with Crippen molar-refractivity contribution in [2.75, 3.05) is 38.0 Å². The molecule has 5 nitrogen and oxygen atoms in total. The fourth-order valence-electron chi connectivity index (χ4n) is 4.11. The maximum absolute atomic E-state index is 13.3. The number of aliphatic hydroxyl groups is 1. The Morgan fingerprint density at radius 3 is 1.50 bits per heavy atom. The standard InChI is InChI=1S/C27H26N2O3/c1-28(2)19-13-9-17(10-14-19)23(18-11-15-20(16-12-18)29(3)4)24-25(30)21-7-5-6-8-22(21)26(31)27(24)32/h5-16,23,30H,1-4H3. The highest BCUT2D eigenvalue weighted by Crippen LogP contribution is 2.40. The van der Waals surface area contributed by atoms with Gasteiger partial charge in [0.25, 0.3) is 0 Å². The number of rotatable bonds is 5. The predicted octanol–water partition coefficient (Wildman–Crippen LogP) is 4.69. The van der Waals surface area contributed by atoms with Crippen molar-refractivity contribution in [2.24, 2.45) is 0 Å². The summed E-state index contributed by atoms with van der Waals surface area (Å²) in [7, 11) is 7.84. The van der Waals surface area contributed by atoms with Crippen LogP contribution in [0.15, 0.2) is 78.4 Å². The van der Waals surface area contributed by atoms with E-state index in [-0.39, 0.29) is 16.9 Å². The number of Topliss-reactive ketones (excluding diaryl/α,β-unsaturated/α-hetero) is 2. The summed E-state index contributed by atoms with van der Waals surface area (Å²) in [5.74, 6) is -1.97. The van der Waals surface area contributed by atoms with Crippen LogP contribution in [0.25, 0.3) is 5.76 Å². The van der Waals surface area contributed by atoms with Crippen LogP contribution in [0.4, 0.5) is 11.4 Å². The summed E-state index contributed by atoms with van der Waals surface area (Å²) in [4.78, 5) is 30.2. The van der Waals surface area contributed by atoms with E-state index in [9.17, 15) is 14.7 Å². The second-order valence-corrected chi connectivity index (χ2v) is 8.37. The quantitative estimate of drug-likeness (QED) is 0.600. The number of carbonyl (C=O) groups is 2. The summed E-state index contributed by atoms with van der Waals surface area (Å²) in [6, 6.07) is 22.4. The number of carbonyl (C=O) groups excluding carboxylic acids is 2. The van der Waals surface area contributed by atoms with Gasteiger partial charge in [-0.15, -0.1) is 0 Å². The average Bonchev–Trinajstić information content (AvgIpc) is 2.80. The summed E-state index contributed by atoms with van der Waals surface area (Å²) >= 11 is 0. The van der Waals surface area contributed by atoms with Crippen LogP contribution in [-0.4, -0.2) is 44.9 Å². The molecule has 0 fully saturated rings. The van der Waals surface area contributed by atoms with E-state index in [1.807, 2.05) is 86.5 Å². The van der Waals surface area contributed by atoms with Gasteiger partial charge in [-0.25, -0.2) is 0 Å². The van der Waals surface area contributed by atoms with Gasteiger partial charge in [0.15, 0.2) is 0 Å². The molecule has 0 heterocycles. The van der Waals surface area contributed by atoms with E-state index < -0.39 is 17.5 Å². The second-order valence-electron chi connectivity index (χ2n) is 8.37. The van der Waals surface area contributed by atoms with Gasteiger partial charge in [-0.05, 0) is 35.4 Å². The van der Waals surface area contributed by atoms with Crippen LogP contribution in [0, 0.1) is 0 Å². The molecule has 0 unspecified atom stereocenters. The molecule has 32 heavy (non-hydrogen) atoms. The minimum absolute atomic E-state index is 0.115. The van der Waals surface area contributed by atoms with E-state index in [1.54, 1.807) is 24.3 Å². The molecule has 1 aliphatic rings. The first kappa shape index (κ1) is 21.4. The molecule has 3 aromatic carbocycles. The van der Waals surface area contributed by atoms with E-state index in [0.29, 0.717) is 5.56 Å². The van der Waals surface area contributed by atoms with E-state index in [0.717, 1.165) is 22.5 Å². The molecule has 162 valence electrons. The van der Waals surface area contributed by atoms with Crippen LogP contribution in [0.2, 0.25) is 0 Å². The number of hydrogen-bond acceptors (Lipinski definition) is 5. The van der Waals surface area contributed by atoms with Crippen molar-refractivity contribution in [1.29, 1.82) is 0 Å². The molecule has 0 aromatic heterocycles. The fourth-order valence-corrected chi connectivity index (χ4v) is 4.11. The van der Waals surface area contributed by atoms with Crippen LogP contribution in [0.1, 0.15) is 33.0 Å². The lowest BCUT2D eigenvalue weighted by Crippen LogP contribution is -2.28. The number of anilines is 2. The average molecular weight is 427 g/mol. The number of fused-ring (bicyclic) bond motifs is 1. The summed E-state index contributed by atoms with van der Waals surface area (Å²) < 4.78 is 0. The first-order valence-electron chi connectivity index (χ1n) is 10.5. The summed E-state index contributed by atoms with van der Waals surface area (Å²) in [5.41, 5.74) is 4.44. The summed E-state index contributed by atoms with van der Waals surface area (Å²) in [6.45, 7) is 0. The Morgan fingerprint density at radius 2 is 1.06 bits per heavy atom. The lowest BCUT2D eigenvalue weighted by Gasteiger charge is -2.26. The van der Waals surface area contributed by atoms with Gasteiger partial charge in [-0.1, -0.05) is 48.5 Å². The highest BCUT2D eigenvalue weighted by atomic mass is 16.3. The molecular weight excluding hydrogens is 400 g/mol. The molecule has 5 heteroatoms. The number of nitrogens with zero attached hydrogens (tertiary/aromatic N) is 2. The smallest absolute Gasteiger partial charge is 0.234 e. The van der Waals surface area contributed by atoms with E-state index in [4.69, 9.17) is 0 Å². The van der Waals surface area contributed by atoms with E-state index >= 15 is 0 Å². The molecule has 1 N–H and O–H groups in total. The molecule has 0 spiro atoms. The van der Waals surface area contributed by atoms with Crippen molar-refractivity contribution in [2.45, 2.75) is 5.92 Å². The zero-order valence-electron chi connectivity index (χ0n) is 18.7. The minimum Gasteiger partial charge on any atom is -0.507 e. The number of benzene rings is 3. The molecule has 0 bridgehead atoms. The Kier molecular flexibility index (Phi) is 5.57. The third kappa shape index (κ3) is 3.66. The van der Waals surface area contributed by atoms with Crippen molar-refractivity contribution in [3.05, 3.63) is 101 Å². The highest BCUT2D eigenvalue weighted by Gasteiger charge is 2.38. The molecular formula is C27H26N2O3. The Hall–Kier alpha value is -3.86. The fraction of sp³-hybridized carbons (Fsp3) is 0.185. The lowest BCUT2D eigenvalue weighted by atomic mass is 9.76. The predicted molar refractivity (Wildman–Crippen MR) is 129 cm³/mol. The third-order valence-electron chi connectivity index (χ3n) is 5.91. The van der Waals surface area contributed by atoms with Crippen molar-refractivity contribution in [3.63, 3.8) is 0 Å². The van der Waals surface area contributed by atoms with Gasteiger partial charge in [0.1, 0.15) is 5.76 Å². The first-order chi connectivity index (χ1) is 15.3. The summed E-state index contributed by atoms with van der Waals surface area (Å²) in [6.07, 6.45) is 0. The van der Waals surface area contributed by atoms with Gasteiger partial charge in [0.05, 0.1) is 5.57 Å². The molecule has 4 rings (SSSR count). The number of ketones is 2. The van der Waals surface area contributed by atoms with E-state index in [2.05, 4.69) is 0 Å². The van der Waals surface area contributed by atoms with Crippen molar-refractivity contribution in [1.82, 2.24) is 0 Å². The van der Waals surface area contributed by atoms with Gasteiger partial charge in [0.2, 0.25) is 11.6 Å². The second kappa shape index (κ2) is 8.35. The molecule has 0 atom stereocenters. The molecule has 0 aliphatic heterocycles. The first-order valence-corrected chi connectivity index (χ1v) is 10.5. The number of hydrogen-bond donors (Lipinski definition) is 1. The third-order valence-corrected chi connectivity index (χ3v) is 5.91. The van der Waals surface area contributed by atoms with Crippen molar-refractivity contribution < 1.29 is 14.7 Å². The van der Waals surface area contributed by atoms with Crippen LogP contribution in [0.3, 0.4) is 0 Å². The topological polar surface area (TPSA) is 60.9 Å². The zero-order valence-corrected chi connectivity index (χ0v) is 18.7. The van der Waals surface area contributed by atoms with Gasteiger partial charge in [-0.2, -0.15) is 0 Å². The number of aliphatic hydroxyl groups excluding tert-OH is 1. The van der Waals surface area contributed by atoms with Crippen LogP contribution >= 0.6 is 0 Å². The maximum Gasteiger partial charge on any atom is 0.234 e. The normalized spacial score (nSPS) is 13.4. The molecule has 0 amide bonds. The summed E-state index contributed by atoms with van der Waals surface area (Å²) in [5, 5.41) is 11.2. The van der Waals surface area contributed by atoms with Gasteiger partial charge in [-0.3, -0.25) is 9.59 Å². The molecule has 3 aromatic rings. The van der Waals surface area contributed by atoms with Crippen molar-refractivity contribution in [3.8, 4) is 0 Å². The van der Waals surface area contributed by atoms with Crippen LogP contribution in [0.5, 0.6) is 0 Å². The SMILES string of the molecule is CN(C)c1ccc(C(C2=C(O)c3ccccc3C(=O)C2=O)c2ccc(N(C)C)cc2)cc1. The Morgan fingerprint density at radius 1 is 0.625 bits per heavy atom. The van der Waals surface area contributed by atoms with Gasteiger partial charge in [0, 0.05) is 56.6 Å². The van der Waals surface area contributed by atoms with Gasteiger partial charge < -0.3 is 14.9 Å². The van der Waals surface area contributed by atoms with Gasteiger partial charge >= 0.3 is 0 Å². The Labute approximate surface area is 188 Å². The monoisotopic (exact) mass is 426 g/mol. The Bertz CT molecular complexity index is 1150. The largest absolute Gasteiger partial charge is 0.507 e. The molecule has 0 saturated heterocycles. The Balaban J connectivity index is 1.93. The van der Waals surface area contributed by atoms with Crippen LogP contribution in [-0.2, 0) is 4.79 Å². The minimum atomic E-state index is -0.667. The highest BCUT2D eigenvalue weighted by molar-refractivity contribution is 6.52. The molecule has 0 saturated carbocycles. The number of allylic oxidation sites excluding steroid dienone is 1. The zero-order chi connectivity index (χ0) is 23.0. The van der Waals surface area contributed by atoms with E-state index in [1.165, 1.54) is 0 Å². The molecule has 0 radical (unpaired) electrons. The lowest BCUT2D eigenvalue weighted by molar-refractivity contribution is -0.112. The van der Waals surface area contributed by atoms with Crippen LogP contribution < -0.4 is 9.80 Å². The van der Waals surface area contributed by atoms with Crippen molar-refractivity contribution >= 4 is 28.7 Å². The molecule has 1 aliphatic carbocycles. The maximum atomic E-state index is 13.3.